The van der Waals surface area contributed by atoms with E-state index < -0.39 is 5.60 Å². The number of ether oxygens (including phenoxy) is 1. The van der Waals surface area contributed by atoms with Gasteiger partial charge in [0.05, 0.1) is 6.10 Å². The molecule has 1 saturated heterocycles. The summed E-state index contributed by atoms with van der Waals surface area (Å²) in [6.45, 7) is 3.54. The minimum atomic E-state index is -0.800. The van der Waals surface area contributed by atoms with E-state index >= 15 is 0 Å². The van der Waals surface area contributed by atoms with Crippen LogP contribution in [0.3, 0.4) is 0 Å². The molecule has 0 aliphatic carbocycles. The first-order valence-corrected chi connectivity index (χ1v) is 7.18. The first-order valence-electron chi connectivity index (χ1n) is 6.81. The van der Waals surface area contributed by atoms with E-state index in [1.54, 1.807) is 0 Å². The van der Waals surface area contributed by atoms with Crippen LogP contribution in [0.15, 0.2) is 28.7 Å². The molecule has 20 heavy (non-hydrogen) atoms. The van der Waals surface area contributed by atoms with Crippen molar-refractivity contribution >= 4 is 22.6 Å². The molecule has 1 fully saturated rings. The highest BCUT2D eigenvalue weighted by molar-refractivity contribution is 6.30. The van der Waals surface area contributed by atoms with Gasteiger partial charge in [0.1, 0.15) is 11.2 Å². The van der Waals surface area contributed by atoms with E-state index in [1.165, 1.54) is 0 Å². The Hall–Kier alpha value is -1.07. The van der Waals surface area contributed by atoms with Crippen LogP contribution < -0.4 is 5.32 Å². The van der Waals surface area contributed by atoms with Crippen molar-refractivity contribution in [1.82, 2.24) is 5.32 Å². The van der Waals surface area contributed by atoms with E-state index in [2.05, 4.69) is 5.32 Å². The summed E-state index contributed by atoms with van der Waals surface area (Å²) >= 11 is 6.13. The zero-order valence-electron chi connectivity index (χ0n) is 11.4. The van der Waals surface area contributed by atoms with Crippen LogP contribution in [0.5, 0.6) is 0 Å². The highest BCUT2D eigenvalue weighted by Gasteiger charge is 2.39. The van der Waals surface area contributed by atoms with Crippen LogP contribution in [0, 0.1) is 0 Å². The second kappa shape index (κ2) is 5.37. The van der Waals surface area contributed by atoms with Gasteiger partial charge in [-0.1, -0.05) is 18.2 Å². The van der Waals surface area contributed by atoms with E-state index in [-0.39, 0.29) is 6.10 Å². The van der Waals surface area contributed by atoms with Crippen molar-refractivity contribution in [2.75, 3.05) is 13.2 Å². The summed E-state index contributed by atoms with van der Waals surface area (Å²) in [6.07, 6.45) is 0.507. The third kappa shape index (κ3) is 2.44. The third-order valence-electron chi connectivity index (χ3n) is 4.04. The quantitative estimate of drug-likeness (QED) is 0.910. The molecule has 108 valence electrons. The fourth-order valence-corrected chi connectivity index (χ4v) is 2.89. The molecule has 0 radical (unpaired) electrons. The van der Waals surface area contributed by atoms with Gasteiger partial charge in [-0.25, -0.2) is 0 Å². The molecule has 1 aliphatic heterocycles. The minimum absolute atomic E-state index is 0.147. The van der Waals surface area contributed by atoms with Gasteiger partial charge in [0.15, 0.2) is 5.22 Å². The summed E-state index contributed by atoms with van der Waals surface area (Å²) in [7, 11) is 0. The molecule has 2 unspecified atom stereocenters. The van der Waals surface area contributed by atoms with Crippen LogP contribution in [0.25, 0.3) is 11.0 Å². The Kier molecular flexibility index (Phi) is 3.73. The van der Waals surface area contributed by atoms with Crippen LogP contribution in [-0.4, -0.2) is 30.0 Å². The molecular weight excluding hydrogens is 278 g/mol. The van der Waals surface area contributed by atoms with Crippen molar-refractivity contribution in [1.29, 1.82) is 0 Å². The zero-order chi connectivity index (χ0) is 14.2. The summed E-state index contributed by atoms with van der Waals surface area (Å²) in [5, 5.41) is 15.1. The van der Waals surface area contributed by atoms with Gasteiger partial charge in [-0.2, -0.15) is 0 Å². The molecule has 0 bridgehead atoms. The van der Waals surface area contributed by atoms with Crippen molar-refractivity contribution in [3.63, 3.8) is 0 Å². The summed E-state index contributed by atoms with van der Waals surface area (Å²) in [5.41, 5.74) is 0.912. The molecule has 1 aromatic carbocycles. The average Bonchev–Trinajstić information content (AvgIpc) is 2.92. The van der Waals surface area contributed by atoms with Crippen LogP contribution in [0.2, 0.25) is 5.22 Å². The van der Waals surface area contributed by atoms with E-state index in [9.17, 15) is 5.11 Å². The van der Waals surface area contributed by atoms with Gasteiger partial charge >= 0.3 is 0 Å². The first-order chi connectivity index (χ1) is 9.60. The second-order valence-electron chi connectivity index (χ2n) is 5.32. The zero-order valence-corrected chi connectivity index (χ0v) is 12.1. The predicted octanol–water partition coefficient (Wildman–Crippen LogP) is 2.72. The molecule has 1 aliphatic rings. The molecule has 2 aromatic rings. The van der Waals surface area contributed by atoms with Gasteiger partial charge in [-0.3, -0.25) is 0 Å². The van der Waals surface area contributed by atoms with Crippen molar-refractivity contribution in [3.05, 3.63) is 35.0 Å². The Morgan fingerprint density at radius 1 is 1.45 bits per heavy atom. The summed E-state index contributed by atoms with van der Waals surface area (Å²) in [4.78, 5) is 0. The Labute approximate surface area is 122 Å². The van der Waals surface area contributed by atoms with Crippen molar-refractivity contribution in [3.8, 4) is 0 Å². The molecule has 2 N–H and O–H groups in total. The minimum Gasteiger partial charge on any atom is -0.444 e. The lowest BCUT2D eigenvalue weighted by Gasteiger charge is -2.26. The van der Waals surface area contributed by atoms with E-state index in [4.69, 9.17) is 20.8 Å². The lowest BCUT2D eigenvalue weighted by molar-refractivity contribution is -0.0262. The maximum atomic E-state index is 10.4. The first kappa shape index (κ1) is 13.9. The summed E-state index contributed by atoms with van der Waals surface area (Å²) in [6, 6.07) is 7.75. The third-order valence-corrected chi connectivity index (χ3v) is 4.35. The van der Waals surface area contributed by atoms with Crippen LogP contribution in [0.1, 0.15) is 18.9 Å². The molecule has 2 heterocycles. The highest BCUT2D eigenvalue weighted by Crippen LogP contribution is 2.30. The number of nitrogens with one attached hydrogen (secondary N) is 1. The SMILES string of the molecule is CC1OCCC1(O)CNCc1c(Cl)oc2ccccc12. The molecule has 2 atom stereocenters. The number of fused-ring (bicyclic) bond motifs is 1. The van der Waals surface area contributed by atoms with Crippen LogP contribution >= 0.6 is 11.6 Å². The Balaban J connectivity index is 1.70. The Morgan fingerprint density at radius 3 is 3.00 bits per heavy atom. The number of halogens is 1. The topological polar surface area (TPSA) is 54.6 Å². The number of furan rings is 1. The molecule has 4 nitrogen and oxygen atoms in total. The standard InChI is InChI=1S/C15H18ClNO3/c1-10-15(18,6-7-19-10)9-17-8-12-11-4-2-3-5-13(11)20-14(12)16/h2-5,10,17-18H,6-9H2,1H3. The second-order valence-corrected chi connectivity index (χ2v) is 5.66. The average molecular weight is 296 g/mol. The fraction of sp³-hybridized carbons (Fsp3) is 0.467. The van der Waals surface area contributed by atoms with Crippen LogP contribution in [0.4, 0.5) is 0 Å². The molecule has 0 amide bonds. The lowest BCUT2D eigenvalue weighted by Crippen LogP contribution is -2.45. The molecule has 0 spiro atoms. The van der Waals surface area contributed by atoms with Gasteiger partial charge in [0.2, 0.25) is 0 Å². The van der Waals surface area contributed by atoms with E-state index in [1.807, 2.05) is 31.2 Å². The monoisotopic (exact) mass is 295 g/mol. The van der Waals surface area contributed by atoms with E-state index in [0.717, 1.165) is 16.5 Å². The molecule has 0 saturated carbocycles. The van der Waals surface area contributed by atoms with E-state index in [0.29, 0.717) is 31.3 Å². The summed E-state index contributed by atoms with van der Waals surface area (Å²) < 4.78 is 10.9. The van der Waals surface area contributed by atoms with Crippen molar-refractivity contribution < 1.29 is 14.3 Å². The number of benzene rings is 1. The molecular formula is C15H18ClNO3. The number of rotatable bonds is 4. The smallest absolute Gasteiger partial charge is 0.199 e. The fourth-order valence-electron chi connectivity index (χ4n) is 2.64. The van der Waals surface area contributed by atoms with Gasteiger partial charge in [0, 0.05) is 37.1 Å². The summed E-state index contributed by atoms with van der Waals surface area (Å²) in [5.74, 6) is 0. The number of hydrogen-bond donors (Lipinski definition) is 2. The number of hydrogen-bond acceptors (Lipinski definition) is 4. The van der Waals surface area contributed by atoms with Crippen LogP contribution in [-0.2, 0) is 11.3 Å². The normalized spacial score (nSPS) is 26.4. The van der Waals surface area contributed by atoms with Crippen molar-refractivity contribution in [2.24, 2.45) is 0 Å². The predicted molar refractivity (Wildman–Crippen MR) is 77.9 cm³/mol. The van der Waals surface area contributed by atoms with Gasteiger partial charge in [-0.15, -0.1) is 0 Å². The van der Waals surface area contributed by atoms with Gasteiger partial charge in [-0.05, 0) is 24.6 Å². The largest absolute Gasteiger partial charge is 0.444 e. The number of para-hydroxylation sites is 1. The Morgan fingerprint density at radius 2 is 2.25 bits per heavy atom. The maximum Gasteiger partial charge on any atom is 0.199 e. The number of aliphatic hydroxyl groups is 1. The highest BCUT2D eigenvalue weighted by atomic mass is 35.5. The maximum absolute atomic E-state index is 10.4. The molecule has 5 heteroatoms. The van der Waals surface area contributed by atoms with Gasteiger partial charge in [0.25, 0.3) is 0 Å². The molecule has 1 aromatic heterocycles. The van der Waals surface area contributed by atoms with Crippen molar-refractivity contribution in [2.45, 2.75) is 31.6 Å². The Bertz CT molecular complexity index is 612. The van der Waals surface area contributed by atoms with Gasteiger partial charge < -0.3 is 19.6 Å². The lowest BCUT2D eigenvalue weighted by atomic mass is 9.96. The molecule has 3 rings (SSSR count).